The number of Topliss-reactive ketones (excluding diaryl/α,β-unsaturated/α-hetero) is 2. The average molecular weight is 368 g/mol. The second-order valence-corrected chi connectivity index (χ2v) is 5.76. The Morgan fingerprint density at radius 2 is 1.55 bits per heavy atom. The van der Waals surface area contributed by atoms with E-state index in [1.807, 2.05) is 0 Å². The van der Waals surface area contributed by atoms with Crippen LogP contribution in [-0.2, 0) is 14.3 Å². The number of halogens is 3. The highest BCUT2D eigenvalue weighted by atomic mass is 35.5. The van der Waals surface area contributed by atoms with E-state index in [1.165, 1.54) is 4.90 Å². The molecular formula is C13H13Cl3N2O4. The van der Waals surface area contributed by atoms with Gasteiger partial charge in [0.1, 0.15) is 20.8 Å². The molecule has 2 aliphatic rings. The highest BCUT2D eigenvalue weighted by Crippen LogP contribution is 2.33. The highest BCUT2D eigenvalue weighted by Gasteiger charge is 2.36. The van der Waals surface area contributed by atoms with Gasteiger partial charge in [0.15, 0.2) is 0 Å². The van der Waals surface area contributed by atoms with E-state index in [-0.39, 0.29) is 20.8 Å². The first-order chi connectivity index (χ1) is 10.4. The van der Waals surface area contributed by atoms with E-state index in [4.69, 9.17) is 39.5 Å². The van der Waals surface area contributed by atoms with Crippen molar-refractivity contribution < 1.29 is 19.1 Å². The third-order valence-electron chi connectivity index (χ3n) is 3.34. The lowest BCUT2D eigenvalue weighted by Gasteiger charge is -2.37. The molecule has 120 valence electrons. The Labute approximate surface area is 142 Å². The molecule has 1 amide bonds. The fraction of sp³-hybridized carbons (Fsp3) is 0.462. The van der Waals surface area contributed by atoms with Crippen LogP contribution in [0, 0.1) is 0 Å². The summed E-state index contributed by atoms with van der Waals surface area (Å²) in [4.78, 5) is 38.8. The minimum Gasteiger partial charge on any atom is -0.450 e. The Morgan fingerprint density at radius 1 is 1.00 bits per heavy atom. The zero-order valence-corrected chi connectivity index (χ0v) is 14.0. The molecule has 1 heterocycles. The van der Waals surface area contributed by atoms with Crippen LogP contribution in [-0.4, -0.2) is 60.2 Å². The third kappa shape index (κ3) is 3.09. The van der Waals surface area contributed by atoms with Gasteiger partial charge in [-0.3, -0.25) is 9.59 Å². The first-order valence-electron chi connectivity index (χ1n) is 6.59. The average Bonchev–Trinajstić information content (AvgIpc) is 2.52. The SMILES string of the molecule is CCOC(=O)N1CCN(C2=C(Cl)C(=O)C(Cl)=C(Cl)C2=O)CC1. The molecule has 9 heteroatoms. The summed E-state index contributed by atoms with van der Waals surface area (Å²) >= 11 is 17.4. The number of rotatable bonds is 2. The summed E-state index contributed by atoms with van der Waals surface area (Å²) in [5.41, 5.74) is 0.0320. The predicted octanol–water partition coefficient (Wildman–Crippen LogP) is 2.05. The second kappa shape index (κ2) is 6.89. The molecular weight excluding hydrogens is 355 g/mol. The van der Waals surface area contributed by atoms with Crippen molar-refractivity contribution in [3.8, 4) is 0 Å². The monoisotopic (exact) mass is 366 g/mol. The number of ether oxygens (including phenoxy) is 1. The number of hydrogen-bond donors (Lipinski definition) is 0. The normalized spacial score (nSPS) is 20.0. The topological polar surface area (TPSA) is 66.9 Å². The van der Waals surface area contributed by atoms with Crippen molar-refractivity contribution in [1.82, 2.24) is 9.80 Å². The van der Waals surface area contributed by atoms with Crippen LogP contribution in [0.2, 0.25) is 0 Å². The van der Waals surface area contributed by atoms with E-state index in [1.54, 1.807) is 11.8 Å². The summed E-state index contributed by atoms with van der Waals surface area (Å²) in [5, 5.41) is -0.951. The van der Waals surface area contributed by atoms with Gasteiger partial charge in [-0.25, -0.2) is 4.79 Å². The molecule has 1 fully saturated rings. The first-order valence-corrected chi connectivity index (χ1v) is 7.73. The molecule has 0 N–H and O–H groups in total. The fourth-order valence-corrected chi connectivity index (χ4v) is 2.92. The molecule has 0 unspecified atom stereocenters. The molecule has 0 bridgehead atoms. The largest absolute Gasteiger partial charge is 0.450 e. The van der Waals surface area contributed by atoms with Crippen LogP contribution in [0.15, 0.2) is 20.8 Å². The van der Waals surface area contributed by atoms with E-state index < -0.39 is 17.7 Å². The van der Waals surface area contributed by atoms with Crippen LogP contribution >= 0.6 is 34.8 Å². The number of ketones is 2. The van der Waals surface area contributed by atoms with Crippen LogP contribution in [0.1, 0.15) is 6.92 Å². The van der Waals surface area contributed by atoms with Gasteiger partial charge in [-0.2, -0.15) is 0 Å². The Balaban J connectivity index is 2.13. The van der Waals surface area contributed by atoms with Gasteiger partial charge in [-0.15, -0.1) is 0 Å². The number of carbonyl (C=O) groups is 3. The molecule has 0 aromatic rings. The van der Waals surface area contributed by atoms with Crippen LogP contribution in [0.3, 0.4) is 0 Å². The summed E-state index contributed by atoms with van der Waals surface area (Å²) in [5.74, 6) is -1.25. The highest BCUT2D eigenvalue weighted by molar-refractivity contribution is 6.64. The summed E-state index contributed by atoms with van der Waals surface area (Å²) in [6, 6.07) is 0. The number of carbonyl (C=O) groups excluding carboxylic acids is 3. The maximum atomic E-state index is 12.2. The zero-order chi connectivity index (χ0) is 16.4. The minimum atomic E-state index is -0.671. The van der Waals surface area contributed by atoms with Crippen molar-refractivity contribution in [3.63, 3.8) is 0 Å². The lowest BCUT2D eigenvalue weighted by atomic mass is 10.1. The van der Waals surface area contributed by atoms with Crippen LogP contribution in [0.4, 0.5) is 4.79 Å². The number of piperazine rings is 1. The molecule has 1 saturated heterocycles. The van der Waals surface area contributed by atoms with Crippen LogP contribution in [0.5, 0.6) is 0 Å². The molecule has 22 heavy (non-hydrogen) atoms. The van der Waals surface area contributed by atoms with E-state index in [0.29, 0.717) is 32.8 Å². The standard InChI is InChI=1S/C13H13Cl3N2O4/c1-2-22-13(21)18-5-3-17(4-6-18)10-9(16)11(19)7(14)8(15)12(10)20/h2-6H2,1H3. The summed E-state index contributed by atoms with van der Waals surface area (Å²) in [6.45, 7) is 3.40. The molecule has 6 nitrogen and oxygen atoms in total. The van der Waals surface area contributed by atoms with Gasteiger partial charge in [-0.1, -0.05) is 34.8 Å². The Bertz CT molecular complexity index is 592. The molecule has 0 saturated carbocycles. The van der Waals surface area contributed by atoms with Crippen molar-refractivity contribution in [2.24, 2.45) is 0 Å². The number of allylic oxidation sites excluding steroid dienone is 3. The Hall–Kier alpha value is -1.24. The van der Waals surface area contributed by atoms with Gasteiger partial charge in [0, 0.05) is 26.2 Å². The molecule has 0 aromatic carbocycles. The predicted molar refractivity (Wildman–Crippen MR) is 81.8 cm³/mol. The fourth-order valence-electron chi connectivity index (χ4n) is 2.22. The second-order valence-electron chi connectivity index (χ2n) is 4.62. The van der Waals surface area contributed by atoms with Crippen molar-refractivity contribution in [2.75, 3.05) is 32.8 Å². The molecule has 0 aromatic heterocycles. The van der Waals surface area contributed by atoms with Gasteiger partial charge < -0.3 is 14.5 Å². The van der Waals surface area contributed by atoms with Gasteiger partial charge in [0.25, 0.3) is 0 Å². The van der Waals surface area contributed by atoms with Gasteiger partial charge in [-0.05, 0) is 6.92 Å². The quantitative estimate of drug-likeness (QED) is 0.699. The van der Waals surface area contributed by atoms with Crippen molar-refractivity contribution in [3.05, 3.63) is 20.8 Å². The Morgan fingerprint density at radius 3 is 2.09 bits per heavy atom. The van der Waals surface area contributed by atoms with E-state index in [2.05, 4.69) is 0 Å². The third-order valence-corrected chi connectivity index (χ3v) is 4.50. The molecule has 2 rings (SSSR count). The summed E-state index contributed by atoms with van der Waals surface area (Å²) < 4.78 is 4.92. The van der Waals surface area contributed by atoms with Crippen LogP contribution in [0.25, 0.3) is 0 Å². The van der Waals surface area contributed by atoms with Crippen LogP contribution < -0.4 is 0 Å². The molecule has 1 aliphatic heterocycles. The first kappa shape index (κ1) is 17.1. The minimum absolute atomic E-state index is 0.0320. The van der Waals surface area contributed by atoms with Crippen molar-refractivity contribution in [1.29, 1.82) is 0 Å². The Kier molecular flexibility index (Phi) is 5.36. The smallest absolute Gasteiger partial charge is 0.409 e. The summed E-state index contributed by atoms with van der Waals surface area (Å²) in [7, 11) is 0. The lowest BCUT2D eigenvalue weighted by molar-refractivity contribution is -0.116. The lowest BCUT2D eigenvalue weighted by Crippen LogP contribution is -2.50. The van der Waals surface area contributed by atoms with E-state index >= 15 is 0 Å². The van der Waals surface area contributed by atoms with E-state index in [0.717, 1.165) is 0 Å². The maximum Gasteiger partial charge on any atom is 0.409 e. The van der Waals surface area contributed by atoms with Gasteiger partial charge in [0.05, 0.1) is 6.61 Å². The number of amides is 1. The van der Waals surface area contributed by atoms with E-state index in [9.17, 15) is 14.4 Å². The van der Waals surface area contributed by atoms with Crippen molar-refractivity contribution in [2.45, 2.75) is 6.92 Å². The van der Waals surface area contributed by atoms with Gasteiger partial charge >= 0.3 is 6.09 Å². The summed E-state index contributed by atoms with van der Waals surface area (Å²) in [6.07, 6.45) is -0.408. The van der Waals surface area contributed by atoms with Gasteiger partial charge in [0.2, 0.25) is 11.6 Å². The molecule has 0 spiro atoms. The number of nitrogens with zero attached hydrogens (tertiary/aromatic N) is 2. The zero-order valence-electron chi connectivity index (χ0n) is 11.7. The maximum absolute atomic E-state index is 12.2. The molecule has 0 atom stereocenters. The molecule has 1 aliphatic carbocycles. The molecule has 0 radical (unpaired) electrons. The number of hydrogen-bond acceptors (Lipinski definition) is 5. The van der Waals surface area contributed by atoms with Crippen molar-refractivity contribution >= 4 is 52.5 Å².